The Morgan fingerprint density at radius 3 is 2.59 bits per heavy atom. The Kier molecular flexibility index (Phi) is 6.49. The van der Waals surface area contributed by atoms with Crippen LogP contribution in [0.4, 0.5) is 5.82 Å². The average Bonchev–Trinajstić information content (AvgIpc) is 3.49. The van der Waals surface area contributed by atoms with Crippen molar-refractivity contribution < 1.29 is 9.90 Å². The fourth-order valence-electron chi connectivity index (χ4n) is 6.07. The second kappa shape index (κ2) is 10.2. The van der Waals surface area contributed by atoms with E-state index in [1.807, 2.05) is 61.5 Å². The summed E-state index contributed by atoms with van der Waals surface area (Å²) in [7, 11) is 0. The van der Waals surface area contributed by atoms with Crippen LogP contribution in [0.3, 0.4) is 0 Å². The van der Waals surface area contributed by atoms with Crippen LogP contribution in [0.15, 0.2) is 59.8 Å². The molecule has 5 aromatic rings. The number of para-hydroxylation sites is 2. The Morgan fingerprint density at radius 1 is 1.02 bits per heavy atom. The lowest BCUT2D eigenvalue weighted by Crippen LogP contribution is -2.51. The van der Waals surface area contributed by atoms with Crippen LogP contribution < -0.4 is 10.6 Å². The number of aromatic nitrogens is 5. The van der Waals surface area contributed by atoms with Crippen LogP contribution in [0.25, 0.3) is 33.2 Å². The first-order chi connectivity index (χ1) is 19.9. The number of aliphatic hydroxyl groups excluding tert-OH is 1. The van der Waals surface area contributed by atoms with Gasteiger partial charge in [0.15, 0.2) is 0 Å². The summed E-state index contributed by atoms with van der Waals surface area (Å²) in [6.07, 6.45) is 4.33. The van der Waals surface area contributed by atoms with E-state index >= 15 is 0 Å². The van der Waals surface area contributed by atoms with E-state index in [-0.39, 0.29) is 24.2 Å². The first kappa shape index (κ1) is 26.1. The smallest absolute Gasteiger partial charge is 0.326 e. The van der Waals surface area contributed by atoms with Crippen molar-refractivity contribution in [1.29, 1.82) is 0 Å². The van der Waals surface area contributed by atoms with Crippen molar-refractivity contribution in [3.63, 3.8) is 0 Å². The third kappa shape index (κ3) is 4.46. The highest BCUT2D eigenvalue weighted by atomic mass is 35.5. The zero-order valence-corrected chi connectivity index (χ0v) is 23.5. The number of aromatic amines is 1. The number of benzene rings is 2. The molecule has 0 bridgehead atoms. The lowest BCUT2D eigenvalue weighted by Gasteiger charge is -2.37. The molecule has 1 amide bonds. The lowest BCUT2D eigenvalue weighted by molar-refractivity contribution is -0.133. The molecular formula is C29H27Cl2N7O3. The maximum absolute atomic E-state index is 13.6. The van der Waals surface area contributed by atoms with Gasteiger partial charge in [0.2, 0.25) is 5.91 Å². The van der Waals surface area contributed by atoms with Crippen molar-refractivity contribution in [3.05, 3.63) is 75.5 Å². The van der Waals surface area contributed by atoms with Crippen LogP contribution in [0.1, 0.15) is 18.9 Å². The van der Waals surface area contributed by atoms with Crippen molar-refractivity contribution in [2.75, 3.05) is 31.1 Å². The SMILES string of the molecule is O=C(Cn1cc(-c2cccc(Cl)c2Cl)c2c(N3CC(O)C3)ncnc21)N1CCC(n2c(=O)[nH]c3ccccc32)CC1. The van der Waals surface area contributed by atoms with E-state index in [0.29, 0.717) is 60.5 Å². The van der Waals surface area contributed by atoms with Gasteiger partial charge in [0, 0.05) is 49.5 Å². The van der Waals surface area contributed by atoms with E-state index in [9.17, 15) is 14.7 Å². The molecule has 0 radical (unpaired) electrons. The fraction of sp³-hybridized carbons (Fsp3) is 0.310. The highest BCUT2D eigenvalue weighted by Gasteiger charge is 2.31. The molecular weight excluding hydrogens is 565 g/mol. The first-order valence-electron chi connectivity index (χ1n) is 13.6. The maximum Gasteiger partial charge on any atom is 0.326 e. The summed E-state index contributed by atoms with van der Waals surface area (Å²) in [5.74, 6) is 0.650. The van der Waals surface area contributed by atoms with Crippen LogP contribution in [-0.4, -0.2) is 72.3 Å². The van der Waals surface area contributed by atoms with Crippen LogP contribution >= 0.6 is 23.2 Å². The van der Waals surface area contributed by atoms with Crippen molar-refractivity contribution in [3.8, 4) is 11.1 Å². The summed E-state index contributed by atoms with van der Waals surface area (Å²) >= 11 is 13.0. The fourth-order valence-corrected chi connectivity index (χ4v) is 6.47. The number of β-amino-alcohol motifs (C(OH)–C–C–N with tert-alkyl or cyclic N) is 1. The molecule has 10 nitrogen and oxygen atoms in total. The average molecular weight is 592 g/mol. The normalized spacial score (nSPS) is 16.6. The van der Waals surface area contributed by atoms with E-state index in [2.05, 4.69) is 15.0 Å². The minimum absolute atomic E-state index is 0.0221. The number of aliphatic hydroxyl groups is 1. The van der Waals surface area contributed by atoms with Crippen LogP contribution in [0.5, 0.6) is 0 Å². The Hall–Kier alpha value is -3.86. The number of carbonyl (C=O) groups is 1. The number of halogens is 2. The largest absolute Gasteiger partial charge is 0.389 e. The van der Waals surface area contributed by atoms with Crippen LogP contribution in [-0.2, 0) is 11.3 Å². The van der Waals surface area contributed by atoms with Crippen molar-refractivity contribution in [2.24, 2.45) is 0 Å². The third-order valence-electron chi connectivity index (χ3n) is 8.15. The van der Waals surface area contributed by atoms with E-state index < -0.39 is 6.10 Å². The molecule has 0 spiro atoms. The van der Waals surface area contributed by atoms with Gasteiger partial charge < -0.3 is 24.5 Å². The Bertz CT molecular complexity index is 1850. The van der Waals surface area contributed by atoms with Gasteiger partial charge in [-0.05, 0) is 31.0 Å². The van der Waals surface area contributed by atoms with E-state index in [4.69, 9.17) is 23.2 Å². The number of H-pyrrole nitrogens is 1. The Labute approximate surface area is 244 Å². The number of imidazole rings is 1. The van der Waals surface area contributed by atoms with Crippen LogP contribution in [0.2, 0.25) is 10.0 Å². The van der Waals surface area contributed by atoms with Crippen molar-refractivity contribution >= 4 is 57.0 Å². The predicted molar refractivity (Wildman–Crippen MR) is 159 cm³/mol. The summed E-state index contributed by atoms with van der Waals surface area (Å²) < 4.78 is 3.66. The number of hydrogen-bond donors (Lipinski definition) is 2. The van der Waals surface area contributed by atoms with Crippen molar-refractivity contribution in [1.82, 2.24) is 29.0 Å². The number of likely N-dealkylation sites (tertiary alicyclic amines) is 1. The van der Waals surface area contributed by atoms with E-state index in [1.54, 1.807) is 6.07 Å². The minimum Gasteiger partial charge on any atom is -0.389 e. The molecule has 2 aliphatic heterocycles. The van der Waals surface area contributed by atoms with Crippen molar-refractivity contribution in [2.45, 2.75) is 31.5 Å². The highest BCUT2D eigenvalue weighted by molar-refractivity contribution is 6.44. The predicted octanol–water partition coefficient (Wildman–Crippen LogP) is 4.09. The number of nitrogens with zero attached hydrogens (tertiary/aromatic N) is 6. The zero-order chi connectivity index (χ0) is 28.2. The molecule has 2 saturated heterocycles. The second-order valence-corrected chi connectivity index (χ2v) is 11.4. The van der Waals surface area contributed by atoms with Gasteiger partial charge in [-0.15, -0.1) is 0 Å². The zero-order valence-electron chi connectivity index (χ0n) is 22.0. The van der Waals surface area contributed by atoms with Gasteiger partial charge in [-0.1, -0.05) is 47.5 Å². The minimum atomic E-state index is -0.412. The molecule has 0 aliphatic carbocycles. The summed E-state index contributed by atoms with van der Waals surface area (Å²) in [5.41, 5.74) is 3.69. The molecule has 12 heteroatoms. The monoisotopic (exact) mass is 591 g/mol. The molecule has 210 valence electrons. The number of amides is 1. The number of piperidine rings is 1. The summed E-state index contributed by atoms with van der Waals surface area (Å²) in [5, 5.41) is 11.5. The lowest BCUT2D eigenvalue weighted by atomic mass is 10.0. The van der Waals surface area contributed by atoms with Gasteiger partial charge in [0.1, 0.15) is 24.3 Å². The quantitative estimate of drug-likeness (QED) is 0.318. The van der Waals surface area contributed by atoms with Gasteiger partial charge in [-0.25, -0.2) is 14.8 Å². The number of anilines is 1. The molecule has 2 aliphatic rings. The molecule has 2 aromatic carbocycles. The highest BCUT2D eigenvalue weighted by Crippen LogP contribution is 2.41. The first-order valence-corrected chi connectivity index (χ1v) is 14.3. The molecule has 0 saturated carbocycles. The van der Waals surface area contributed by atoms with Gasteiger partial charge in [-0.2, -0.15) is 0 Å². The Morgan fingerprint density at radius 2 is 1.80 bits per heavy atom. The van der Waals surface area contributed by atoms with E-state index in [0.717, 1.165) is 27.5 Å². The maximum atomic E-state index is 13.6. The molecule has 0 unspecified atom stereocenters. The van der Waals surface area contributed by atoms with Gasteiger partial charge in [-0.3, -0.25) is 9.36 Å². The summed E-state index contributed by atoms with van der Waals surface area (Å²) in [6, 6.07) is 13.1. The van der Waals surface area contributed by atoms with Crippen LogP contribution in [0, 0.1) is 0 Å². The van der Waals surface area contributed by atoms with Gasteiger partial charge in [0.05, 0.1) is 32.6 Å². The Balaban J connectivity index is 1.17. The molecule has 5 heterocycles. The molecule has 0 atom stereocenters. The number of nitrogens with one attached hydrogen (secondary N) is 1. The van der Waals surface area contributed by atoms with Gasteiger partial charge >= 0.3 is 5.69 Å². The number of carbonyl (C=O) groups excluding carboxylic acids is 1. The third-order valence-corrected chi connectivity index (χ3v) is 8.97. The molecule has 41 heavy (non-hydrogen) atoms. The molecule has 2 fully saturated rings. The van der Waals surface area contributed by atoms with Gasteiger partial charge in [0.25, 0.3) is 0 Å². The summed E-state index contributed by atoms with van der Waals surface area (Å²) in [4.78, 5) is 42.1. The molecule has 2 N–H and O–H groups in total. The topological polar surface area (TPSA) is 112 Å². The molecule has 7 rings (SSSR count). The standard InChI is InChI=1S/C29H27Cl2N7O3/c30-21-5-3-4-19(26(21)31)20-14-37(28-25(20)27(32-16-33-28)36-12-18(39)13-36)15-24(40)35-10-8-17(9-11-35)38-23-7-2-1-6-22(23)34-29(38)41/h1-7,14,16-18,39H,8-13,15H2,(H,34,41). The number of rotatable bonds is 5. The molecule has 3 aromatic heterocycles. The summed E-state index contributed by atoms with van der Waals surface area (Å²) in [6.45, 7) is 2.12. The number of hydrogen-bond acceptors (Lipinski definition) is 6. The van der Waals surface area contributed by atoms with E-state index in [1.165, 1.54) is 6.33 Å². The number of fused-ring (bicyclic) bond motifs is 2. The second-order valence-electron chi connectivity index (χ2n) is 10.7.